The highest BCUT2D eigenvalue weighted by Crippen LogP contribution is 2.26. The number of rotatable bonds is 8. The summed E-state index contributed by atoms with van der Waals surface area (Å²) in [5.41, 5.74) is 1.87. The van der Waals surface area contributed by atoms with Gasteiger partial charge >= 0.3 is 0 Å². The van der Waals surface area contributed by atoms with E-state index < -0.39 is 60.3 Å². The fourth-order valence-electron chi connectivity index (χ4n) is 5.14. The highest BCUT2D eigenvalue weighted by atomic mass is 19.1. The van der Waals surface area contributed by atoms with Crippen molar-refractivity contribution in [1.82, 2.24) is 21.3 Å². The number of hydrogen-bond acceptors (Lipinski definition) is 7. The first-order chi connectivity index (χ1) is 22.5. The Morgan fingerprint density at radius 2 is 1.62 bits per heavy atom. The maximum absolute atomic E-state index is 14.7. The molecule has 11 nitrogen and oxygen atoms in total. The van der Waals surface area contributed by atoms with Crippen LogP contribution in [0.25, 0.3) is 0 Å². The number of benzene rings is 3. The Labute approximate surface area is 272 Å². The summed E-state index contributed by atoms with van der Waals surface area (Å²) in [4.78, 5) is 54.0. The zero-order valence-corrected chi connectivity index (χ0v) is 26.4. The Morgan fingerprint density at radius 3 is 2.30 bits per heavy atom. The third-order valence-corrected chi connectivity index (χ3v) is 7.58. The molecule has 0 saturated heterocycles. The van der Waals surface area contributed by atoms with Crippen molar-refractivity contribution < 1.29 is 38.5 Å². The zero-order chi connectivity index (χ0) is 33.9. The van der Waals surface area contributed by atoms with Crippen LogP contribution in [0.4, 0.5) is 4.39 Å². The summed E-state index contributed by atoms with van der Waals surface area (Å²) in [7, 11) is 0. The van der Waals surface area contributed by atoms with Gasteiger partial charge in [-0.1, -0.05) is 62.4 Å². The van der Waals surface area contributed by atoms with Gasteiger partial charge in [-0.15, -0.1) is 0 Å². The molecule has 4 atom stereocenters. The normalized spacial score (nSPS) is 19.7. The van der Waals surface area contributed by atoms with Crippen LogP contribution in [-0.2, 0) is 38.4 Å². The molecule has 4 amide bonds. The third-order valence-electron chi connectivity index (χ3n) is 7.58. The first-order valence-corrected chi connectivity index (χ1v) is 15.6. The molecule has 6 N–H and O–H groups in total. The molecule has 4 bridgehead atoms. The van der Waals surface area contributed by atoms with E-state index in [0.29, 0.717) is 16.9 Å². The Morgan fingerprint density at radius 1 is 0.936 bits per heavy atom. The second-order valence-corrected chi connectivity index (χ2v) is 12.0. The minimum absolute atomic E-state index is 0.0259. The van der Waals surface area contributed by atoms with Crippen LogP contribution in [0.3, 0.4) is 0 Å². The van der Waals surface area contributed by atoms with Crippen molar-refractivity contribution >= 4 is 23.6 Å². The molecule has 5 rings (SSSR count). The van der Waals surface area contributed by atoms with Crippen molar-refractivity contribution in [3.05, 3.63) is 95.3 Å². The monoisotopic (exact) mass is 648 g/mol. The first kappa shape index (κ1) is 35.1. The highest BCUT2D eigenvalue weighted by molar-refractivity contribution is 5.94. The lowest BCUT2D eigenvalue weighted by Gasteiger charge is -2.26. The molecule has 0 aliphatic carbocycles. The van der Waals surface area contributed by atoms with Crippen molar-refractivity contribution in [2.45, 2.75) is 63.8 Å². The van der Waals surface area contributed by atoms with Gasteiger partial charge in [-0.25, -0.2) is 4.39 Å². The van der Waals surface area contributed by atoms with Gasteiger partial charge in [0.05, 0.1) is 19.1 Å². The Bertz CT molecular complexity index is 1530. The topological polar surface area (TPSA) is 166 Å². The van der Waals surface area contributed by atoms with E-state index in [1.807, 2.05) is 44.2 Å². The van der Waals surface area contributed by atoms with Crippen LogP contribution >= 0.6 is 0 Å². The predicted molar refractivity (Wildman–Crippen MR) is 172 cm³/mol. The molecule has 47 heavy (non-hydrogen) atoms. The third kappa shape index (κ3) is 10.6. The number of nitrogens with one attached hydrogen (secondary N) is 4. The van der Waals surface area contributed by atoms with Gasteiger partial charge in [0.2, 0.25) is 23.6 Å². The highest BCUT2D eigenvalue weighted by Gasteiger charge is 2.31. The van der Waals surface area contributed by atoms with E-state index in [2.05, 4.69) is 21.3 Å². The van der Waals surface area contributed by atoms with Crippen LogP contribution in [0.1, 0.15) is 37.0 Å². The number of carbonyl (C=O) groups is 4. The van der Waals surface area contributed by atoms with E-state index in [9.17, 15) is 33.8 Å². The Balaban J connectivity index is 1.71. The Kier molecular flexibility index (Phi) is 12.4. The maximum Gasteiger partial charge on any atom is 0.243 e. The molecule has 0 saturated carbocycles. The summed E-state index contributed by atoms with van der Waals surface area (Å²) in [5.74, 6) is -2.75. The van der Waals surface area contributed by atoms with Crippen molar-refractivity contribution in [3.63, 3.8) is 0 Å². The molecule has 2 aliphatic rings. The van der Waals surface area contributed by atoms with Crippen molar-refractivity contribution in [2.75, 3.05) is 13.2 Å². The molecule has 0 spiro atoms. The summed E-state index contributed by atoms with van der Waals surface area (Å²) < 4.78 is 20.5. The van der Waals surface area contributed by atoms with Crippen molar-refractivity contribution in [1.29, 1.82) is 0 Å². The number of aliphatic hydroxyl groups excluding tert-OH is 2. The summed E-state index contributed by atoms with van der Waals surface area (Å²) in [6.45, 7) is 2.97. The van der Waals surface area contributed by atoms with Crippen molar-refractivity contribution in [2.24, 2.45) is 5.92 Å². The van der Waals surface area contributed by atoms with E-state index in [0.717, 1.165) is 5.56 Å². The van der Waals surface area contributed by atoms with Gasteiger partial charge in [0.15, 0.2) is 11.6 Å². The quantitative estimate of drug-likeness (QED) is 0.203. The molecule has 2 aliphatic heterocycles. The number of fused-ring (bicyclic) bond motifs is 12. The SMILES string of the molecule is CC(C)C[C@@H]1NC(=O)[C@@H](Cc2ccccc2)NC(=O)Cc2ccc(F)c(c2)Oc2ccc(cc2)C[C@H](C(=O)NC[C@H](O)CO)NC1=O. The van der Waals surface area contributed by atoms with Crippen LogP contribution in [0, 0.1) is 11.7 Å². The van der Waals surface area contributed by atoms with Gasteiger partial charge in [-0.3, -0.25) is 19.2 Å². The molecule has 3 aromatic rings. The maximum atomic E-state index is 14.7. The van der Waals surface area contributed by atoms with Crippen LogP contribution in [0.5, 0.6) is 11.5 Å². The fourth-order valence-corrected chi connectivity index (χ4v) is 5.14. The molecule has 0 aromatic heterocycles. The number of ether oxygens (including phenoxy) is 1. The summed E-state index contributed by atoms with van der Waals surface area (Å²) in [5, 5.41) is 29.8. The van der Waals surface area contributed by atoms with E-state index in [4.69, 9.17) is 4.74 Å². The number of aliphatic hydroxyl groups is 2. The number of halogens is 1. The van der Waals surface area contributed by atoms with Crippen LogP contribution < -0.4 is 26.0 Å². The van der Waals surface area contributed by atoms with Crippen LogP contribution in [0.2, 0.25) is 0 Å². The van der Waals surface area contributed by atoms with E-state index in [1.54, 1.807) is 24.3 Å². The molecule has 2 heterocycles. The Hall–Kier alpha value is -4.81. The largest absolute Gasteiger partial charge is 0.454 e. The van der Waals surface area contributed by atoms with E-state index >= 15 is 0 Å². The lowest BCUT2D eigenvalue weighted by Crippen LogP contribution is -2.58. The fraction of sp³-hybridized carbons (Fsp3) is 0.371. The molecule has 0 fully saturated rings. The minimum Gasteiger partial charge on any atom is -0.454 e. The molecule has 0 unspecified atom stereocenters. The minimum atomic E-state index is -1.20. The molecular weight excluding hydrogens is 607 g/mol. The van der Waals surface area contributed by atoms with Crippen molar-refractivity contribution in [3.8, 4) is 11.5 Å². The smallest absolute Gasteiger partial charge is 0.243 e. The second-order valence-electron chi connectivity index (χ2n) is 12.0. The van der Waals surface area contributed by atoms with Gasteiger partial charge < -0.3 is 36.2 Å². The number of amides is 4. The summed E-state index contributed by atoms with van der Waals surface area (Å²) in [6, 6.07) is 16.5. The molecule has 3 aromatic carbocycles. The van der Waals surface area contributed by atoms with Crippen LogP contribution in [0.15, 0.2) is 72.8 Å². The lowest BCUT2D eigenvalue weighted by atomic mass is 9.99. The molecule has 0 radical (unpaired) electrons. The van der Waals surface area contributed by atoms with Crippen LogP contribution in [-0.4, -0.2) is 71.2 Å². The van der Waals surface area contributed by atoms with E-state index in [1.165, 1.54) is 18.2 Å². The van der Waals surface area contributed by atoms with Gasteiger partial charge in [-0.05, 0) is 53.3 Å². The van der Waals surface area contributed by atoms with Gasteiger partial charge in [-0.2, -0.15) is 0 Å². The number of carbonyl (C=O) groups excluding carboxylic acids is 4. The molecule has 12 heteroatoms. The lowest BCUT2D eigenvalue weighted by molar-refractivity contribution is -0.134. The second kappa shape index (κ2) is 16.7. The number of hydrogen-bond donors (Lipinski definition) is 6. The molecular formula is C35H41FN4O7. The zero-order valence-electron chi connectivity index (χ0n) is 26.4. The van der Waals surface area contributed by atoms with Gasteiger partial charge in [0.1, 0.15) is 23.9 Å². The molecule has 250 valence electrons. The predicted octanol–water partition coefficient (Wildman–Crippen LogP) is 1.93. The summed E-state index contributed by atoms with van der Waals surface area (Å²) in [6.07, 6.45) is -0.945. The summed E-state index contributed by atoms with van der Waals surface area (Å²) >= 11 is 0. The van der Waals surface area contributed by atoms with E-state index in [-0.39, 0.29) is 43.9 Å². The standard InChI is InChI=1S/C35H41FN4O7/c1-21(2)14-28-34(45)40-29(33(44)37-19-25(42)20-41)16-23-8-11-26(12-9-23)47-31-17-24(10-13-27(31)36)18-32(43)38-30(35(46)39-28)15-22-6-4-3-5-7-22/h3-13,17,21,25,28-30,41-42H,14-16,18-20H2,1-2H3,(H,37,44)(H,38,43)(H,39,46)(H,40,45)/t25-,28-,29+,30+/m0/s1. The van der Waals surface area contributed by atoms with Gasteiger partial charge in [0.25, 0.3) is 0 Å². The first-order valence-electron chi connectivity index (χ1n) is 15.6. The average Bonchev–Trinajstić information content (AvgIpc) is 3.04. The average molecular weight is 649 g/mol. The van der Waals surface area contributed by atoms with Gasteiger partial charge in [0, 0.05) is 19.4 Å².